The Morgan fingerprint density at radius 2 is 1.24 bits per heavy atom. The Balaban J connectivity index is 1.64. The predicted octanol–water partition coefficient (Wildman–Crippen LogP) is 7.76. The van der Waals surface area contributed by atoms with E-state index in [0.717, 1.165) is 21.9 Å². The van der Waals surface area contributed by atoms with E-state index in [2.05, 4.69) is 78.9 Å². The molecule has 0 spiro atoms. The van der Waals surface area contributed by atoms with Crippen molar-refractivity contribution in [3.8, 4) is 0 Å². The second-order valence-electron chi connectivity index (χ2n) is 8.47. The van der Waals surface area contributed by atoms with Crippen LogP contribution in [0.3, 0.4) is 0 Å². The van der Waals surface area contributed by atoms with Gasteiger partial charge < -0.3 is 0 Å². The number of rotatable bonds is 4. The van der Waals surface area contributed by atoms with Crippen molar-refractivity contribution in [2.75, 3.05) is 0 Å². The molecule has 5 aromatic rings. The monoisotopic (exact) mass is 422 g/mol. The van der Waals surface area contributed by atoms with E-state index in [4.69, 9.17) is 0 Å². The summed E-state index contributed by atoms with van der Waals surface area (Å²) in [6.45, 7) is 0. The molecule has 1 heteroatoms. The van der Waals surface area contributed by atoms with E-state index < -0.39 is 0 Å². The number of benzene rings is 5. The number of carbonyl (C=O) groups excluding carboxylic acids is 1. The summed E-state index contributed by atoms with van der Waals surface area (Å²) in [7, 11) is 0. The molecule has 0 radical (unpaired) electrons. The first kappa shape index (κ1) is 19.5. The van der Waals surface area contributed by atoms with Gasteiger partial charge >= 0.3 is 0 Å². The number of carbonyl (C=O) groups is 1. The fourth-order valence-corrected chi connectivity index (χ4v) is 5.06. The molecule has 33 heavy (non-hydrogen) atoms. The van der Waals surface area contributed by atoms with Gasteiger partial charge in [0.1, 0.15) is 0 Å². The van der Waals surface area contributed by atoms with Crippen molar-refractivity contribution in [1.82, 2.24) is 0 Å². The van der Waals surface area contributed by atoms with Crippen LogP contribution < -0.4 is 0 Å². The van der Waals surface area contributed by atoms with Crippen LogP contribution in [0.4, 0.5) is 0 Å². The highest BCUT2D eigenvalue weighted by Crippen LogP contribution is 2.48. The summed E-state index contributed by atoms with van der Waals surface area (Å²) in [6.07, 6.45) is 2.28. The van der Waals surface area contributed by atoms with Crippen LogP contribution in [0.2, 0.25) is 0 Å². The second kappa shape index (κ2) is 8.03. The van der Waals surface area contributed by atoms with E-state index in [1.165, 1.54) is 22.3 Å². The Hall–Kier alpha value is -4.23. The molecule has 5 aromatic carbocycles. The van der Waals surface area contributed by atoms with Crippen LogP contribution in [0, 0.1) is 0 Å². The lowest BCUT2D eigenvalue weighted by Crippen LogP contribution is -2.11. The third kappa shape index (κ3) is 3.30. The molecule has 0 aliphatic heterocycles. The smallest absolute Gasteiger partial charge is 0.193 e. The van der Waals surface area contributed by atoms with Gasteiger partial charge in [-0.05, 0) is 44.7 Å². The molecule has 1 aliphatic rings. The van der Waals surface area contributed by atoms with E-state index in [0.29, 0.717) is 5.56 Å². The van der Waals surface area contributed by atoms with Gasteiger partial charge in [0.25, 0.3) is 0 Å². The lowest BCUT2D eigenvalue weighted by Gasteiger charge is -2.22. The van der Waals surface area contributed by atoms with Crippen molar-refractivity contribution in [3.05, 3.63) is 155 Å². The minimum absolute atomic E-state index is 0.00383. The Labute approximate surface area is 193 Å². The van der Waals surface area contributed by atoms with Gasteiger partial charge in [0.15, 0.2) is 5.78 Å². The van der Waals surface area contributed by atoms with Gasteiger partial charge in [-0.15, -0.1) is 0 Å². The molecule has 1 unspecified atom stereocenters. The quantitative estimate of drug-likeness (QED) is 0.271. The molecule has 0 fully saturated rings. The lowest BCUT2D eigenvalue weighted by molar-refractivity contribution is 0.103. The highest BCUT2D eigenvalue weighted by atomic mass is 16.1. The fraction of sp³-hybridized carbons (Fsp3) is 0.0312. The van der Waals surface area contributed by atoms with Crippen LogP contribution in [-0.4, -0.2) is 5.78 Å². The molecular weight excluding hydrogens is 400 g/mol. The van der Waals surface area contributed by atoms with Crippen LogP contribution in [0.1, 0.15) is 44.1 Å². The minimum Gasteiger partial charge on any atom is -0.289 e. The highest BCUT2D eigenvalue weighted by Gasteiger charge is 2.31. The molecule has 0 saturated heterocycles. The number of hydrogen-bond acceptors (Lipinski definition) is 1. The molecule has 0 N–H and O–H groups in total. The average molecular weight is 423 g/mol. The zero-order valence-electron chi connectivity index (χ0n) is 18.1. The van der Waals surface area contributed by atoms with Crippen molar-refractivity contribution in [2.24, 2.45) is 0 Å². The van der Waals surface area contributed by atoms with Crippen LogP contribution >= 0.6 is 0 Å². The first-order valence-electron chi connectivity index (χ1n) is 11.3. The van der Waals surface area contributed by atoms with Crippen molar-refractivity contribution >= 4 is 28.2 Å². The average Bonchev–Trinajstić information content (AvgIpc) is 3.28. The Kier molecular flexibility index (Phi) is 4.74. The summed E-state index contributed by atoms with van der Waals surface area (Å²) < 4.78 is 0. The van der Waals surface area contributed by atoms with E-state index in [-0.39, 0.29) is 11.7 Å². The van der Waals surface area contributed by atoms with E-state index in [9.17, 15) is 4.79 Å². The van der Waals surface area contributed by atoms with Crippen molar-refractivity contribution < 1.29 is 4.79 Å². The Morgan fingerprint density at radius 1 is 0.576 bits per heavy atom. The largest absolute Gasteiger partial charge is 0.289 e. The van der Waals surface area contributed by atoms with E-state index >= 15 is 0 Å². The summed E-state index contributed by atoms with van der Waals surface area (Å²) in [4.78, 5) is 14.0. The van der Waals surface area contributed by atoms with Gasteiger partial charge in [-0.25, -0.2) is 0 Å². The molecule has 0 saturated carbocycles. The zero-order valence-corrected chi connectivity index (χ0v) is 18.1. The Morgan fingerprint density at radius 3 is 2.06 bits per heavy atom. The normalized spacial score (nSPS) is 14.7. The second-order valence-corrected chi connectivity index (χ2v) is 8.47. The van der Waals surface area contributed by atoms with Gasteiger partial charge in [0.2, 0.25) is 0 Å². The van der Waals surface area contributed by atoms with Gasteiger partial charge in [-0.1, -0.05) is 121 Å². The maximum Gasteiger partial charge on any atom is 0.193 e. The molecule has 156 valence electrons. The summed E-state index contributed by atoms with van der Waals surface area (Å²) in [5.41, 5.74) is 7.44. The molecule has 1 nitrogen and oxygen atoms in total. The Bertz CT molecular complexity index is 1510. The first-order chi connectivity index (χ1) is 16.3. The SMILES string of the molecule is O=C(c1ccccc1)c1c(C2C(c3ccccc3)=Cc3ccccc32)ccc2ccccc12. The molecule has 0 amide bonds. The fourth-order valence-electron chi connectivity index (χ4n) is 5.06. The molecule has 0 aromatic heterocycles. The minimum atomic E-state index is -0.00383. The summed E-state index contributed by atoms with van der Waals surface area (Å²) in [5, 5.41) is 2.08. The number of allylic oxidation sites excluding steroid dienone is 1. The van der Waals surface area contributed by atoms with Crippen molar-refractivity contribution in [3.63, 3.8) is 0 Å². The zero-order chi connectivity index (χ0) is 22.2. The van der Waals surface area contributed by atoms with Gasteiger partial charge in [0.05, 0.1) is 0 Å². The van der Waals surface area contributed by atoms with E-state index in [1.807, 2.05) is 48.5 Å². The number of fused-ring (bicyclic) bond motifs is 2. The summed E-state index contributed by atoms with van der Waals surface area (Å²) in [5.74, 6) is 0.0649. The maximum atomic E-state index is 14.0. The van der Waals surface area contributed by atoms with Crippen molar-refractivity contribution in [1.29, 1.82) is 0 Å². The van der Waals surface area contributed by atoms with Crippen LogP contribution in [0.5, 0.6) is 0 Å². The standard InChI is InChI=1S/C32H22O/c33-32(24-14-5-2-6-15-24)31-26-17-9-7-13-23(26)19-20-28(31)30-27-18-10-8-16-25(27)21-29(30)22-11-3-1-4-12-22/h1-21,30H. The summed E-state index contributed by atoms with van der Waals surface area (Å²) >= 11 is 0. The molecule has 1 atom stereocenters. The third-order valence-corrected chi connectivity index (χ3v) is 6.57. The first-order valence-corrected chi connectivity index (χ1v) is 11.3. The van der Waals surface area contributed by atoms with E-state index in [1.54, 1.807) is 0 Å². The van der Waals surface area contributed by atoms with Crippen molar-refractivity contribution in [2.45, 2.75) is 5.92 Å². The van der Waals surface area contributed by atoms with Gasteiger partial charge in [0, 0.05) is 17.0 Å². The topological polar surface area (TPSA) is 17.1 Å². The molecule has 1 aliphatic carbocycles. The number of hydrogen-bond donors (Lipinski definition) is 0. The number of ketones is 1. The highest BCUT2D eigenvalue weighted by molar-refractivity contribution is 6.18. The van der Waals surface area contributed by atoms with Crippen LogP contribution in [-0.2, 0) is 0 Å². The molecule has 0 bridgehead atoms. The molecule has 0 heterocycles. The third-order valence-electron chi connectivity index (χ3n) is 6.57. The summed E-state index contributed by atoms with van der Waals surface area (Å²) in [6, 6.07) is 41.2. The van der Waals surface area contributed by atoms with Gasteiger partial charge in [-0.3, -0.25) is 4.79 Å². The van der Waals surface area contributed by atoms with Crippen LogP contribution in [0.25, 0.3) is 22.4 Å². The molecular formula is C32H22O. The predicted molar refractivity (Wildman–Crippen MR) is 136 cm³/mol. The van der Waals surface area contributed by atoms with Crippen LogP contribution in [0.15, 0.2) is 121 Å². The van der Waals surface area contributed by atoms with Gasteiger partial charge in [-0.2, -0.15) is 0 Å². The maximum absolute atomic E-state index is 14.0. The lowest BCUT2D eigenvalue weighted by atomic mass is 9.80. The molecule has 6 rings (SSSR count).